The fourth-order valence-electron chi connectivity index (χ4n) is 3.01. The molecule has 1 fully saturated rings. The summed E-state index contributed by atoms with van der Waals surface area (Å²) in [4.78, 5) is 0. The number of nitrogens with zero attached hydrogens (tertiary/aromatic N) is 1. The largest absolute Gasteiger partial charge is 0.197 e. The Morgan fingerprint density at radius 2 is 1.63 bits per heavy atom. The van der Waals surface area contributed by atoms with E-state index in [1.807, 2.05) is 0 Å². The Bertz CT molecular complexity index is 462. The minimum absolute atomic E-state index is 0.180. The lowest BCUT2D eigenvalue weighted by Crippen LogP contribution is -2.29. The van der Waals surface area contributed by atoms with Gasteiger partial charge in [-0.3, -0.25) is 0 Å². The van der Waals surface area contributed by atoms with Crippen LogP contribution in [0.3, 0.4) is 0 Å². The lowest BCUT2D eigenvalue weighted by molar-refractivity contribution is 0.294. The molecule has 0 atom stereocenters. The van der Waals surface area contributed by atoms with Crippen LogP contribution in [-0.2, 0) is 10.8 Å². The molecular weight excluding hydrogens is 230 g/mol. The average Bonchev–Trinajstić information content (AvgIpc) is 2.39. The summed E-state index contributed by atoms with van der Waals surface area (Å²) in [5.74, 6) is 0.773. The Morgan fingerprint density at radius 1 is 1.11 bits per heavy atom. The second-order valence-electron chi connectivity index (χ2n) is 7.20. The van der Waals surface area contributed by atoms with Crippen molar-refractivity contribution < 1.29 is 0 Å². The zero-order chi connectivity index (χ0) is 14.1. The molecule has 0 bridgehead atoms. The van der Waals surface area contributed by atoms with E-state index in [-0.39, 0.29) is 10.8 Å². The molecule has 0 radical (unpaired) electrons. The lowest BCUT2D eigenvalue weighted by atomic mass is 9.67. The highest BCUT2D eigenvalue weighted by atomic mass is 14.4. The van der Waals surface area contributed by atoms with Crippen LogP contribution >= 0.6 is 0 Å². The maximum atomic E-state index is 9.66. The van der Waals surface area contributed by atoms with Crippen molar-refractivity contribution in [3.05, 3.63) is 35.4 Å². The summed E-state index contributed by atoms with van der Waals surface area (Å²) >= 11 is 0. The van der Waals surface area contributed by atoms with E-state index in [0.29, 0.717) is 0 Å². The summed E-state index contributed by atoms with van der Waals surface area (Å²) < 4.78 is 0. The average molecular weight is 255 g/mol. The van der Waals surface area contributed by atoms with Crippen molar-refractivity contribution in [1.29, 1.82) is 5.26 Å². The first-order valence-electron chi connectivity index (χ1n) is 7.40. The first-order chi connectivity index (χ1) is 8.87. The molecule has 0 saturated heterocycles. The van der Waals surface area contributed by atoms with E-state index in [2.05, 4.69) is 58.0 Å². The van der Waals surface area contributed by atoms with E-state index in [9.17, 15) is 5.26 Å². The molecule has 0 aromatic heterocycles. The highest BCUT2D eigenvalue weighted by Gasteiger charge is 2.36. The van der Waals surface area contributed by atoms with Crippen molar-refractivity contribution in [3.63, 3.8) is 0 Å². The quantitative estimate of drug-likeness (QED) is 0.696. The van der Waals surface area contributed by atoms with E-state index in [0.717, 1.165) is 18.8 Å². The van der Waals surface area contributed by atoms with Crippen LogP contribution in [0.1, 0.15) is 64.5 Å². The Labute approximate surface area is 117 Å². The van der Waals surface area contributed by atoms with E-state index in [1.165, 1.54) is 24.0 Å². The van der Waals surface area contributed by atoms with Gasteiger partial charge >= 0.3 is 0 Å². The zero-order valence-corrected chi connectivity index (χ0v) is 12.7. The molecule has 0 unspecified atom stereocenters. The van der Waals surface area contributed by atoms with Crippen molar-refractivity contribution in [3.8, 4) is 6.07 Å². The van der Waals surface area contributed by atoms with Gasteiger partial charge in [0.25, 0.3) is 0 Å². The van der Waals surface area contributed by atoms with Crippen molar-refractivity contribution in [1.82, 2.24) is 0 Å². The molecule has 1 saturated carbocycles. The molecule has 1 aromatic carbocycles. The number of hydrogen-bond acceptors (Lipinski definition) is 1. The van der Waals surface area contributed by atoms with Crippen LogP contribution in [0, 0.1) is 17.2 Å². The fourth-order valence-corrected chi connectivity index (χ4v) is 3.01. The van der Waals surface area contributed by atoms with Gasteiger partial charge in [-0.1, -0.05) is 52.0 Å². The predicted octanol–water partition coefficient (Wildman–Crippen LogP) is 4.96. The number of nitriles is 1. The van der Waals surface area contributed by atoms with Crippen LogP contribution in [0.25, 0.3) is 0 Å². The minimum atomic E-state index is -0.233. The maximum absolute atomic E-state index is 9.66. The zero-order valence-electron chi connectivity index (χ0n) is 12.7. The second kappa shape index (κ2) is 5.00. The van der Waals surface area contributed by atoms with E-state index in [1.54, 1.807) is 0 Å². The van der Waals surface area contributed by atoms with Crippen molar-refractivity contribution in [2.24, 2.45) is 5.92 Å². The second-order valence-corrected chi connectivity index (χ2v) is 7.20. The first kappa shape index (κ1) is 14.1. The SMILES string of the molecule is CC1CCC(C#N)(c2ccc(C(C)(C)C)cc2)CC1. The summed E-state index contributed by atoms with van der Waals surface area (Å²) in [7, 11) is 0. The smallest absolute Gasteiger partial charge is 0.0822 e. The van der Waals surface area contributed by atoms with Crippen LogP contribution in [-0.4, -0.2) is 0 Å². The molecule has 0 N–H and O–H groups in total. The van der Waals surface area contributed by atoms with Gasteiger partial charge in [0, 0.05) is 0 Å². The molecular formula is C18H25N. The normalized spacial score (nSPS) is 27.8. The van der Waals surface area contributed by atoms with Crippen molar-refractivity contribution in [2.75, 3.05) is 0 Å². The molecule has 0 aliphatic heterocycles. The van der Waals surface area contributed by atoms with Gasteiger partial charge in [0.2, 0.25) is 0 Å². The van der Waals surface area contributed by atoms with Crippen LogP contribution in [0.15, 0.2) is 24.3 Å². The standard InChI is InChI=1S/C18H25N/c1-14-9-11-18(13-19,12-10-14)16-7-5-15(6-8-16)17(2,3)4/h5-8,14H,9-12H2,1-4H3. The van der Waals surface area contributed by atoms with Gasteiger partial charge < -0.3 is 0 Å². The van der Waals surface area contributed by atoms with E-state index in [4.69, 9.17) is 0 Å². The summed E-state index contributed by atoms with van der Waals surface area (Å²) in [6.07, 6.45) is 4.38. The Kier molecular flexibility index (Phi) is 3.72. The number of benzene rings is 1. The third kappa shape index (κ3) is 2.84. The number of hydrogen-bond donors (Lipinski definition) is 0. The van der Waals surface area contributed by atoms with Crippen LogP contribution in [0.5, 0.6) is 0 Å². The van der Waals surface area contributed by atoms with Crippen LogP contribution in [0.4, 0.5) is 0 Å². The molecule has 0 spiro atoms. The maximum Gasteiger partial charge on any atom is 0.0822 e. The van der Waals surface area contributed by atoms with Gasteiger partial charge in [0.15, 0.2) is 0 Å². The minimum Gasteiger partial charge on any atom is -0.197 e. The molecule has 1 aliphatic carbocycles. The van der Waals surface area contributed by atoms with Gasteiger partial charge in [-0.05, 0) is 48.1 Å². The van der Waals surface area contributed by atoms with E-state index >= 15 is 0 Å². The highest BCUT2D eigenvalue weighted by Crippen LogP contribution is 2.41. The molecule has 0 amide bonds. The van der Waals surface area contributed by atoms with E-state index < -0.39 is 0 Å². The third-order valence-corrected chi connectivity index (χ3v) is 4.65. The topological polar surface area (TPSA) is 23.8 Å². The molecule has 1 nitrogen and oxygen atoms in total. The van der Waals surface area contributed by atoms with Crippen molar-refractivity contribution in [2.45, 2.75) is 64.2 Å². The Hall–Kier alpha value is -1.29. The third-order valence-electron chi connectivity index (χ3n) is 4.65. The van der Waals surface area contributed by atoms with Gasteiger partial charge in [0.05, 0.1) is 11.5 Å². The molecule has 1 heteroatoms. The molecule has 102 valence electrons. The Balaban J connectivity index is 2.28. The van der Waals surface area contributed by atoms with Crippen molar-refractivity contribution >= 4 is 0 Å². The van der Waals surface area contributed by atoms with Gasteiger partial charge in [-0.15, -0.1) is 0 Å². The first-order valence-corrected chi connectivity index (χ1v) is 7.40. The summed E-state index contributed by atoms with van der Waals surface area (Å²) in [5, 5.41) is 9.66. The molecule has 1 aliphatic rings. The van der Waals surface area contributed by atoms with Crippen LogP contribution in [0.2, 0.25) is 0 Å². The molecule has 19 heavy (non-hydrogen) atoms. The van der Waals surface area contributed by atoms with Gasteiger partial charge in [-0.2, -0.15) is 5.26 Å². The van der Waals surface area contributed by atoms with Crippen LogP contribution < -0.4 is 0 Å². The Morgan fingerprint density at radius 3 is 2.05 bits per heavy atom. The van der Waals surface area contributed by atoms with Gasteiger partial charge in [-0.25, -0.2) is 0 Å². The monoisotopic (exact) mass is 255 g/mol. The van der Waals surface area contributed by atoms with Gasteiger partial charge in [0.1, 0.15) is 0 Å². The molecule has 0 heterocycles. The predicted molar refractivity (Wildman–Crippen MR) is 80.1 cm³/mol. The molecule has 1 aromatic rings. The summed E-state index contributed by atoms with van der Waals surface area (Å²) in [5.41, 5.74) is 2.51. The number of rotatable bonds is 1. The highest BCUT2D eigenvalue weighted by molar-refractivity contribution is 5.37. The lowest BCUT2D eigenvalue weighted by Gasteiger charge is -2.34. The molecule has 2 rings (SSSR count). The summed E-state index contributed by atoms with van der Waals surface area (Å²) in [6, 6.07) is 11.4. The summed E-state index contributed by atoms with van der Waals surface area (Å²) in [6.45, 7) is 8.98. The fraction of sp³-hybridized carbons (Fsp3) is 0.611.